The number of aldehydes is 1. The quantitative estimate of drug-likeness (QED) is 0.487. The molecule has 0 aliphatic rings. The normalized spacial score (nSPS) is 12.4. The van der Waals surface area contributed by atoms with E-state index in [4.69, 9.17) is 11.6 Å². The van der Waals surface area contributed by atoms with Crippen LogP contribution in [0.25, 0.3) is 0 Å². The van der Waals surface area contributed by atoms with E-state index in [0.29, 0.717) is 0 Å². The predicted molar refractivity (Wildman–Crippen MR) is 50.9 cm³/mol. The Labute approximate surface area is 107 Å². The molecule has 10 heteroatoms. The van der Waals surface area contributed by atoms with Crippen LogP contribution in [0.2, 0.25) is 0 Å². The topological polar surface area (TPSA) is 39.2 Å². The van der Waals surface area contributed by atoms with E-state index >= 15 is 0 Å². The van der Waals surface area contributed by atoms with Crippen molar-refractivity contribution in [1.29, 1.82) is 0 Å². The van der Waals surface area contributed by atoms with Crippen molar-refractivity contribution in [3.05, 3.63) is 22.9 Å². The fourth-order valence-corrected chi connectivity index (χ4v) is 1.37. The largest absolute Gasteiger partial charge is 0.574 e. The maximum atomic E-state index is 12.5. The van der Waals surface area contributed by atoms with Gasteiger partial charge in [-0.25, -0.2) is 4.98 Å². The first-order chi connectivity index (χ1) is 8.58. The van der Waals surface area contributed by atoms with Crippen molar-refractivity contribution in [3.63, 3.8) is 0 Å². The van der Waals surface area contributed by atoms with Crippen LogP contribution in [0, 0.1) is 0 Å². The summed E-state index contributed by atoms with van der Waals surface area (Å²) in [5.74, 6) is -2.06. The van der Waals surface area contributed by atoms with Crippen LogP contribution < -0.4 is 4.74 Å². The van der Waals surface area contributed by atoms with E-state index in [9.17, 15) is 31.1 Å². The Morgan fingerprint density at radius 3 is 2.21 bits per heavy atom. The highest BCUT2D eigenvalue weighted by Gasteiger charge is 2.37. The molecule has 0 aliphatic heterocycles. The number of nitrogens with zero attached hydrogens (tertiary/aromatic N) is 1. The summed E-state index contributed by atoms with van der Waals surface area (Å²) in [6, 6.07) is 0.207. The van der Waals surface area contributed by atoms with Gasteiger partial charge >= 0.3 is 12.5 Å². The first-order valence-electron chi connectivity index (χ1n) is 4.46. The van der Waals surface area contributed by atoms with Crippen molar-refractivity contribution in [2.75, 3.05) is 0 Å². The Bertz CT molecular complexity index is 485. The van der Waals surface area contributed by atoms with Crippen LogP contribution >= 0.6 is 11.6 Å². The maximum Gasteiger partial charge on any atom is 0.574 e. The monoisotopic (exact) mass is 307 g/mol. The number of alkyl halides is 7. The number of ether oxygens (including phenoxy) is 1. The van der Waals surface area contributed by atoms with Gasteiger partial charge in [-0.3, -0.25) is 4.79 Å². The van der Waals surface area contributed by atoms with Gasteiger partial charge in [0.15, 0.2) is 6.29 Å². The average molecular weight is 308 g/mol. The molecule has 0 atom stereocenters. The minimum absolute atomic E-state index is 0.207. The number of halogens is 7. The fourth-order valence-electron chi connectivity index (χ4n) is 1.17. The van der Waals surface area contributed by atoms with Gasteiger partial charge in [-0.1, -0.05) is 0 Å². The lowest BCUT2D eigenvalue weighted by molar-refractivity contribution is -0.276. The molecule has 0 fully saturated rings. The molecule has 0 amide bonds. The average Bonchev–Trinajstić information content (AvgIpc) is 2.24. The molecule has 0 N–H and O–H groups in total. The summed E-state index contributed by atoms with van der Waals surface area (Å²) in [5.41, 5.74) is -3.23. The van der Waals surface area contributed by atoms with E-state index in [1.807, 2.05) is 0 Å². The minimum atomic E-state index is -5.19. The summed E-state index contributed by atoms with van der Waals surface area (Å²) in [6.45, 7) is 0. The first-order valence-corrected chi connectivity index (χ1v) is 5.00. The van der Waals surface area contributed by atoms with Crippen LogP contribution in [0.4, 0.5) is 26.3 Å². The molecule has 1 aromatic rings. The van der Waals surface area contributed by atoms with Crippen molar-refractivity contribution >= 4 is 17.9 Å². The van der Waals surface area contributed by atoms with E-state index < -0.39 is 41.1 Å². The first kappa shape index (κ1) is 15.5. The molecule has 19 heavy (non-hydrogen) atoms. The molecular formula is C9H4ClF6NO2. The molecule has 0 saturated carbocycles. The van der Waals surface area contributed by atoms with Gasteiger partial charge in [0.1, 0.15) is 0 Å². The number of carbonyl (C=O) groups excluding carboxylic acids is 1. The molecule has 106 valence electrons. The number of hydrogen-bond acceptors (Lipinski definition) is 3. The third-order valence-corrected chi connectivity index (χ3v) is 2.12. The highest BCUT2D eigenvalue weighted by atomic mass is 35.5. The van der Waals surface area contributed by atoms with Crippen molar-refractivity contribution in [1.82, 2.24) is 4.98 Å². The van der Waals surface area contributed by atoms with Crippen molar-refractivity contribution in [2.45, 2.75) is 18.4 Å². The highest BCUT2D eigenvalue weighted by molar-refractivity contribution is 6.17. The molecule has 1 rings (SSSR count). The standard InChI is InChI=1S/C9H4ClF6NO2/c10-2-6-5(8(11,12)13)1-4(3-18)7(17-6)19-9(14,15)16/h1,3H,2H2. The van der Waals surface area contributed by atoms with Gasteiger partial charge in [0, 0.05) is 0 Å². The summed E-state index contributed by atoms with van der Waals surface area (Å²) in [5, 5.41) is 0. The number of hydrogen-bond donors (Lipinski definition) is 0. The third kappa shape index (κ3) is 3.98. The van der Waals surface area contributed by atoms with Crippen LogP contribution in [0.1, 0.15) is 21.6 Å². The van der Waals surface area contributed by atoms with E-state index in [-0.39, 0.29) is 12.4 Å². The van der Waals surface area contributed by atoms with E-state index in [2.05, 4.69) is 9.72 Å². The Morgan fingerprint density at radius 2 is 1.84 bits per heavy atom. The van der Waals surface area contributed by atoms with Crippen LogP contribution in [0.5, 0.6) is 5.88 Å². The Kier molecular flexibility index (Phi) is 4.28. The second kappa shape index (κ2) is 5.24. The number of pyridine rings is 1. The maximum absolute atomic E-state index is 12.5. The summed E-state index contributed by atoms with van der Waals surface area (Å²) < 4.78 is 77.0. The summed E-state index contributed by atoms with van der Waals surface area (Å²) >= 11 is 5.19. The Balaban J connectivity index is 3.40. The van der Waals surface area contributed by atoms with E-state index in [0.717, 1.165) is 0 Å². The Morgan fingerprint density at radius 1 is 1.26 bits per heavy atom. The van der Waals surface area contributed by atoms with Gasteiger partial charge in [-0.15, -0.1) is 24.8 Å². The SMILES string of the molecule is O=Cc1cc(C(F)(F)F)c(CCl)nc1OC(F)(F)F. The lowest BCUT2D eigenvalue weighted by atomic mass is 10.1. The zero-order chi connectivity index (χ0) is 14.8. The highest BCUT2D eigenvalue weighted by Crippen LogP contribution is 2.35. The molecule has 1 heterocycles. The van der Waals surface area contributed by atoms with Crippen LogP contribution in [-0.4, -0.2) is 17.6 Å². The lowest BCUT2D eigenvalue weighted by Gasteiger charge is -2.15. The molecule has 0 unspecified atom stereocenters. The molecule has 0 bridgehead atoms. The van der Waals surface area contributed by atoms with Gasteiger partial charge in [0.05, 0.1) is 22.7 Å². The number of aromatic nitrogens is 1. The number of rotatable bonds is 3. The smallest absolute Gasteiger partial charge is 0.387 e. The van der Waals surface area contributed by atoms with Crippen molar-refractivity contribution in [3.8, 4) is 5.88 Å². The lowest BCUT2D eigenvalue weighted by Crippen LogP contribution is -2.20. The zero-order valence-corrected chi connectivity index (χ0v) is 9.53. The summed E-state index contributed by atoms with van der Waals surface area (Å²) in [4.78, 5) is 13.5. The molecule has 0 saturated heterocycles. The minimum Gasteiger partial charge on any atom is -0.387 e. The predicted octanol–water partition coefficient (Wildman–Crippen LogP) is 3.55. The van der Waals surface area contributed by atoms with E-state index in [1.54, 1.807) is 0 Å². The van der Waals surface area contributed by atoms with Crippen LogP contribution in [0.15, 0.2) is 6.07 Å². The molecule has 0 radical (unpaired) electrons. The van der Waals surface area contributed by atoms with Gasteiger partial charge < -0.3 is 4.74 Å². The molecule has 0 aliphatic carbocycles. The van der Waals surface area contributed by atoms with Gasteiger partial charge in [-0.2, -0.15) is 13.2 Å². The molecule has 0 aromatic carbocycles. The van der Waals surface area contributed by atoms with Gasteiger partial charge in [0.2, 0.25) is 5.88 Å². The van der Waals surface area contributed by atoms with Gasteiger partial charge in [0.25, 0.3) is 0 Å². The Hall–Kier alpha value is -1.51. The van der Waals surface area contributed by atoms with Crippen LogP contribution in [-0.2, 0) is 12.1 Å². The van der Waals surface area contributed by atoms with Crippen molar-refractivity contribution < 1.29 is 35.9 Å². The van der Waals surface area contributed by atoms with Crippen molar-refractivity contribution in [2.24, 2.45) is 0 Å². The molecule has 0 spiro atoms. The molecular weight excluding hydrogens is 304 g/mol. The van der Waals surface area contributed by atoms with Crippen LogP contribution in [0.3, 0.4) is 0 Å². The second-order valence-electron chi connectivity index (χ2n) is 3.17. The van der Waals surface area contributed by atoms with E-state index in [1.165, 1.54) is 0 Å². The summed E-state index contributed by atoms with van der Waals surface area (Å²) in [6.07, 6.45) is -10.3. The number of carbonyl (C=O) groups is 1. The third-order valence-electron chi connectivity index (χ3n) is 1.87. The zero-order valence-electron chi connectivity index (χ0n) is 8.77. The molecule has 3 nitrogen and oxygen atoms in total. The molecule has 1 aromatic heterocycles. The second-order valence-corrected chi connectivity index (χ2v) is 3.44. The summed E-state index contributed by atoms with van der Waals surface area (Å²) in [7, 11) is 0. The fraction of sp³-hybridized carbons (Fsp3) is 0.333. The van der Waals surface area contributed by atoms with Gasteiger partial charge in [-0.05, 0) is 6.07 Å².